The van der Waals surface area contributed by atoms with Crippen molar-refractivity contribution in [2.24, 2.45) is 16.8 Å². The zero-order valence-electron chi connectivity index (χ0n) is 15.3. The second-order valence-corrected chi connectivity index (χ2v) is 7.22. The maximum atomic E-state index is 12.5. The van der Waals surface area contributed by atoms with Gasteiger partial charge in [0, 0.05) is 7.05 Å². The number of amides is 2. The van der Waals surface area contributed by atoms with Crippen LogP contribution in [0.4, 0.5) is 13.2 Å². The lowest BCUT2D eigenvalue weighted by molar-refractivity contribution is -0.192. The summed E-state index contributed by atoms with van der Waals surface area (Å²) in [5, 5.41) is 7.81. The highest BCUT2D eigenvalue weighted by Gasteiger charge is 2.71. The van der Waals surface area contributed by atoms with E-state index in [4.69, 9.17) is 14.6 Å². The van der Waals surface area contributed by atoms with Crippen LogP contribution < -0.4 is 0 Å². The highest BCUT2D eigenvalue weighted by Crippen LogP contribution is 2.51. The molecule has 0 radical (unpaired) electrons. The monoisotopic (exact) mass is 425 g/mol. The predicted octanol–water partition coefficient (Wildman–Crippen LogP) is 0.199. The Labute approximate surface area is 161 Å². The Kier molecular flexibility index (Phi) is 5.70. The largest absolute Gasteiger partial charge is 0.490 e. The van der Waals surface area contributed by atoms with Gasteiger partial charge in [-0.1, -0.05) is 11.8 Å². The second-order valence-electron chi connectivity index (χ2n) is 6.45. The number of imide groups is 1. The van der Waals surface area contributed by atoms with E-state index in [0.29, 0.717) is 11.7 Å². The zero-order chi connectivity index (χ0) is 21.6. The minimum Gasteiger partial charge on any atom is -0.475 e. The minimum absolute atomic E-state index is 0.231. The Morgan fingerprint density at radius 1 is 1.32 bits per heavy atom. The molecular weight excluding hydrogens is 407 g/mol. The van der Waals surface area contributed by atoms with Crippen molar-refractivity contribution >= 4 is 40.7 Å². The third kappa shape index (κ3) is 3.10. The van der Waals surface area contributed by atoms with Crippen LogP contribution in [0.25, 0.3) is 0 Å². The highest BCUT2D eigenvalue weighted by atomic mass is 32.2. The molecule has 0 aromatic carbocycles. The van der Waals surface area contributed by atoms with Gasteiger partial charge in [0.15, 0.2) is 5.17 Å². The fourth-order valence-electron chi connectivity index (χ4n) is 3.85. The molecule has 13 heteroatoms. The van der Waals surface area contributed by atoms with Crippen molar-refractivity contribution in [1.82, 2.24) is 9.80 Å². The second kappa shape index (κ2) is 7.26. The molecule has 0 bridgehead atoms. The van der Waals surface area contributed by atoms with Crippen LogP contribution in [0.15, 0.2) is 4.99 Å². The number of thioether (sulfide) groups is 1. The molecule has 9 nitrogen and oxygen atoms in total. The number of aliphatic carboxylic acids is 1. The number of carbonyl (C=O) groups is 4. The van der Waals surface area contributed by atoms with E-state index < -0.39 is 35.5 Å². The van der Waals surface area contributed by atoms with Crippen molar-refractivity contribution < 1.29 is 42.2 Å². The fraction of sp³-hybridized carbons (Fsp3) is 0.667. The number of rotatable bonds is 1. The number of carbonyl (C=O) groups excluding carboxylic acids is 3. The number of carboxylic acids is 1. The van der Waals surface area contributed by atoms with Gasteiger partial charge >= 0.3 is 18.1 Å². The summed E-state index contributed by atoms with van der Waals surface area (Å²) < 4.78 is 36.7. The van der Waals surface area contributed by atoms with E-state index in [1.807, 2.05) is 11.2 Å². The first-order chi connectivity index (χ1) is 12.8. The number of aliphatic imine (C=N–C) groups is 1. The predicted molar refractivity (Wildman–Crippen MR) is 90.3 cm³/mol. The maximum Gasteiger partial charge on any atom is 0.490 e. The molecule has 0 saturated carbocycles. The number of esters is 1. The summed E-state index contributed by atoms with van der Waals surface area (Å²) in [5.74, 6) is -5.03. The molecule has 0 spiro atoms. The molecule has 3 aliphatic heterocycles. The lowest BCUT2D eigenvalue weighted by atomic mass is 9.81. The van der Waals surface area contributed by atoms with Crippen molar-refractivity contribution in [2.75, 3.05) is 27.0 Å². The van der Waals surface area contributed by atoms with Gasteiger partial charge in [0.1, 0.15) is 5.54 Å². The van der Waals surface area contributed by atoms with Gasteiger partial charge in [-0.05, 0) is 13.2 Å². The van der Waals surface area contributed by atoms with Gasteiger partial charge in [-0.25, -0.2) is 9.59 Å². The quantitative estimate of drug-likeness (QED) is 0.468. The molecule has 28 heavy (non-hydrogen) atoms. The Bertz CT molecular complexity index is 758. The van der Waals surface area contributed by atoms with E-state index in [-0.39, 0.29) is 17.9 Å². The Morgan fingerprint density at radius 2 is 1.86 bits per heavy atom. The van der Waals surface area contributed by atoms with E-state index in [9.17, 15) is 27.6 Å². The smallest absolute Gasteiger partial charge is 0.475 e. The number of hydrogen-bond acceptors (Lipinski definition) is 8. The van der Waals surface area contributed by atoms with Crippen LogP contribution in [0, 0.1) is 11.8 Å². The summed E-state index contributed by atoms with van der Waals surface area (Å²) in [6, 6.07) is -0.247. The third-order valence-electron chi connectivity index (χ3n) is 5.07. The number of alkyl halides is 3. The van der Waals surface area contributed by atoms with E-state index >= 15 is 0 Å². The summed E-state index contributed by atoms with van der Waals surface area (Å²) in [7, 11) is 2.77. The van der Waals surface area contributed by atoms with Crippen molar-refractivity contribution in [3.05, 3.63) is 0 Å². The SMILES string of the molecule is COC(=O)[C@@]1(C)[C@H]2C(=O)N(C)C(=O)[C@H]2[C@H]2CN=C(SC)N21.O=C(O)C(F)(F)F. The van der Waals surface area contributed by atoms with Crippen LogP contribution in [-0.2, 0) is 23.9 Å². The van der Waals surface area contributed by atoms with Crippen LogP contribution in [0.5, 0.6) is 0 Å². The van der Waals surface area contributed by atoms with E-state index in [1.54, 1.807) is 6.92 Å². The van der Waals surface area contributed by atoms with Crippen molar-refractivity contribution in [2.45, 2.75) is 24.7 Å². The molecule has 0 aromatic heterocycles. The normalized spacial score (nSPS) is 31.1. The van der Waals surface area contributed by atoms with Crippen LogP contribution in [0.3, 0.4) is 0 Å². The minimum atomic E-state index is -5.08. The lowest BCUT2D eigenvalue weighted by Crippen LogP contribution is -2.57. The topological polar surface area (TPSA) is 117 Å². The van der Waals surface area contributed by atoms with Gasteiger partial charge in [0.25, 0.3) is 0 Å². The fourth-order valence-corrected chi connectivity index (χ4v) is 4.57. The van der Waals surface area contributed by atoms with Gasteiger partial charge in [-0.15, -0.1) is 0 Å². The summed E-state index contributed by atoms with van der Waals surface area (Å²) in [6.07, 6.45) is -3.22. The van der Waals surface area contributed by atoms with Gasteiger partial charge in [-0.3, -0.25) is 19.5 Å². The molecule has 0 unspecified atom stereocenters. The molecule has 156 valence electrons. The summed E-state index contributed by atoms with van der Waals surface area (Å²) in [6.45, 7) is 2.11. The molecule has 3 rings (SSSR count). The number of carboxylic acid groups (broad SMARTS) is 1. The van der Waals surface area contributed by atoms with E-state index in [1.165, 1.54) is 25.9 Å². The molecule has 0 aromatic rings. The number of amidine groups is 1. The number of halogens is 3. The molecule has 2 fully saturated rings. The first-order valence-corrected chi connectivity index (χ1v) is 9.14. The number of nitrogens with zero attached hydrogens (tertiary/aromatic N) is 3. The standard InChI is InChI=1S/C13H17N3O4S.C2HF3O2/c1-13(11(19)20-3)8-7(9(17)15(2)10(8)18)6-5-14-12(21-4)16(6)13;3-2(4,5)1(6)7/h6-8H,5H2,1-4H3;(H,6,7)/t6-,7+,8-,13-;/m1./s1. The molecule has 3 heterocycles. The number of methoxy groups -OCH3 is 1. The van der Waals surface area contributed by atoms with Crippen LogP contribution in [-0.4, -0.2) is 88.5 Å². The number of fused-ring (bicyclic) bond motifs is 3. The lowest BCUT2D eigenvalue weighted by Gasteiger charge is -2.37. The maximum absolute atomic E-state index is 12.5. The zero-order valence-corrected chi connectivity index (χ0v) is 16.1. The molecule has 2 saturated heterocycles. The molecular formula is C15H18F3N3O6S. The Balaban J connectivity index is 0.000000345. The van der Waals surface area contributed by atoms with Gasteiger partial charge in [-0.2, -0.15) is 13.2 Å². The van der Waals surface area contributed by atoms with E-state index in [2.05, 4.69) is 4.99 Å². The summed E-state index contributed by atoms with van der Waals surface area (Å²) >= 11 is 1.41. The van der Waals surface area contributed by atoms with Crippen LogP contribution in [0.2, 0.25) is 0 Å². The van der Waals surface area contributed by atoms with Crippen LogP contribution in [0.1, 0.15) is 6.92 Å². The first-order valence-electron chi connectivity index (χ1n) is 7.91. The van der Waals surface area contributed by atoms with Crippen molar-refractivity contribution in [1.29, 1.82) is 0 Å². The summed E-state index contributed by atoms with van der Waals surface area (Å²) in [4.78, 5) is 53.6. The molecule has 0 aliphatic carbocycles. The number of hydrogen-bond donors (Lipinski definition) is 1. The molecule has 3 aliphatic rings. The Morgan fingerprint density at radius 3 is 2.29 bits per heavy atom. The highest BCUT2D eigenvalue weighted by molar-refractivity contribution is 8.13. The van der Waals surface area contributed by atoms with E-state index in [0.717, 1.165) is 4.90 Å². The molecule has 4 atom stereocenters. The molecule has 2 amide bonds. The molecule has 1 N–H and O–H groups in total. The summed E-state index contributed by atoms with van der Waals surface area (Å²) in [5.41, 5.74) is -1.18. The van der Waals surface area contributed by atoms with Gasteiger partial charge in [0.2, 0.25) is 11.8 Å². The average Bonchev–Trinajstić information content (AvgIpc) is 3.22. The first kappa shape index (κ1) is 22.0. The van der Waals surface area contributed by atoms with Crippen molar-refractivity contribution in [3.63, 3.8) is 0 Å². The number of ether oxygens (including phenoxy) is 1. The number of likely N-dealkylation sites (tertiary alicyclic amines) is 1. The van der Waals surface area contributed by atoms with Gasteiger partial charge < -0.3 is 14.7 Å². The van der Waals surface area contributed by atoms with Crippen molar-refractivity contribution in [3.8, 4) is 0 Å². The van der Waals surface area contributed by atoms with Crippen LogP contribution >= 0.6 is 11.8 Å². The van der Waals surface area contributed by atoms with Gasteiger partial charge in [0.05, 0.1) is 31.5 Å². The average molecular weight is 425 g/mol. The third-order valence-corrected chi connectivity index (χ3v) is 5.76. The Hall–Kier alpha value is -2.31.